The first kappa shape index (κ1) is 19.3. The fourth-order valence-electron chi connectivity index (χ4n) is 3.35. The van der Waals surface area contributed by atoms with Gasteiger partial charge in [-0.2, -0.15) is 0 Å². The van der Waals surface area contributed by atoms with Gasteiger partial charge in [0.05, 0.1) is 0 Å². The van der Waals surface area contributed by atoms with Gasteiger partial charge in [0.25, 0.3) is 0 Å². The lowest BCUT2D eigenvalue weighted by Gasteiger charge is -2.18. The third kappa shape index (κ3) is 6.07. The van der Waals surface area contributed by atoms with E-state index in [2.05, 4.69) is 49.6 Å². The number of likely N-dealkylation sites (tertiary alicyclic amines) is 1. The molecule has 1 amide bonds. The minimum Gasteiger partial charge on any atom is -0.357 e. The molecule has 1 aromatic rings. The Bertz CT molecular complexity index is 591. The van der Waals surface area contributed by atoms with Crippen LogP contribution in [-0.2, 0) is 11.2 Å². The molecule has 25 heavy (non-hydrogen) atoms. The van der Waals surface area contributed by atoms with Crippen molar-refractivity contribution in [1.29, 1.82) is 0 Å². The van der Waals surface area contributed by atoms with Crippen molar-refractivity contribution in [3.05, 3.63) is 34.9 Å². The Labute approximate surface area is 151 Å². The number of rotatable bonds is 6. The van der Waals surface area contributed by atoms with Crippen LogP contribution in [0.2, 0.25) is 0 Å². The van der Waals surface area contributed by atoms with Gasteiger partial charge in [0.15, 0.2) is 5.96 Å². The third-order valence-corrected chi connectivity index (χ3v) is 4.48. The molecular formula is C20H32N4O. The first-order valence-corrected chi connectivity index (χ1v) is 9.41. The first-order chi connectivity index (χ1) is 12.0. The molecule has 1 aromatic carbocycles. The van der Waals surface area contributed by atoms with Gasteiger partial charge < -0.3 is 15.5 Å². The van der Waals surface area contributed by atoms with Gasteiger partial charge in [0.1, 0.15) is 0 Å². The van der Waals surface area contributed by atoms with Gasteiger partial charge >= 0.3 is 0 Å². The molecule has 1 aliphatic rings. The van der Waals surface area contributed by atoms with E-state index in [1.54, 1.807) is 0 Å². The van der Waals surface area contributed by atoms with E-state index < -0.39 is 0 Å². The van der Waals surface area contributed by atoms with Gasteiger partial charge in [-0.15, -0.1) is 0 Å². The molecule has 2 rings (SSSR count). The lowest BCUT2D eigenvalue weighted by Crippen LogP contribution is -2.45. The number of carbonyl (C=O) groups is 1. The lowest BCUT2D eigenvalue weighted by molar-refractivity contribution is -0.129. The van der Waals surface area contributed by atoms with E-state index in [4.69, 9.17) is 4.99 Å². The fraction of sp³-hybridized carbons (Fsp3) is 0.600. The predicted octanol–water partition coefficient (Wildman–Crippen LogP) is 2.41. The maximum atomic E-state index is 11.8. The van der Waals surface area contributed by atoms with E-state index in [0.29, 0.717) is 6.42 Å². The van der Waals surface area contributed by atoms with Crippen molar-refractivity contribution < 1.29 is 4.79 Å². The topological polar surface area (TPSA) is 56.7 Å². The van der Waals surface area contributed by atoms with Crippen molar-refractivity contribution in [2.75, 3.05) is 26.2 Å². The van der Waals surface area contributed by atoms with Crippen molar-refractivity contribution in [1.82, 2.24) is 15.5 Å². The molecule has 1 heterocycles. The number of aliphatic imine (C=N–C) groups is 1. The first-order valence-electron chi connectivity index (χ1n) is 9.41. The molecule has 5 heteroatoms. The number of amides is 1. The maximum Gasteiger partial charge on any atom is 0.222 e. The SMILES string of the molecule is CCNC(=NCCc1cc(C)cc(C)c1)NC1CCN(C(=O)CC)C1. The Morgan fingerprint density at radius 2 is 1.96 bits per heavy atom. The average molecular weight is 345 g/mol. The van der Waals surface area contributed by atoms with Crippen LogP contribution in [0, 0.1) is 13.8 Å². The highest BCUT2D eigenvalue weighted by Crippen LogP contribution is 2.11. The number of nitrogens with one attached hydrogen (secondary N) is 2. The van der Waals surface area contributed by atoms with E-state index in [1.165, 1.54) is 16.7 Å². The second kappa shape index (κ2) is 9.44. The normalized spacial score (nSPS) is 17.7. The Kier molecular flexibility index (Phi) is 7.29. The van der Waals surface area contributed by atoms with Crippen molar-refractivity contribution in [2.24, 2.45) is 4.99 Å². The minimum absolute atomic E-state index is 0.237. The zero-order valence-corrected chi connectivity index (χ0v) is 16.1. The monoisotopic (exact) mass is 344 g/mol. The number of aryl methyl sites for hydroxylation is 2. The zero-order chi connectivity index (χ0) is 18.2. The number of nitrogens with zero attached hydrogens (tertiary/aromatic N) is 2. The van der Waals surface area contributed by atoms with Gasteiger partial charge in [-0.05, 0) is 39.2 Å². The molecule has 0 radical (unpaired) electrons. The van der Waals surface area contributed by atoms with Gasteiger partial charge in [0, 0.05) is 38.6 Å². The number of hydrogen-bond acceptors (Lipinski definition) is 2. The molecule has 1 aliphatic heterocycles. The van der Waals surface area contributed by atoms with Crippen LogP contribution in [-0.4, -0.2) is 49.0 Å². The van der Waals surface area contributed by atoms with Crippen LogP contribution in [0.3, 0.4) is 0 Å². The summed E-state index contributed by atoms with van der Waals surface area (Å²) in [5.74, 6) is 1.09. The Morgan fingerprint density at radius 1 is 1.24 bits per heavy atom. The number of hydrogen-bond donors (Lipinski definition) is 2. The van der Waals surface area contributed by atoms with Gasteiger partial charge in [-0.25, -0.2) is 0 Å². The van der Waals surface area contributed by atoms with Crippen LogP contribution < -0.4 is 10.6 Å². The van der Waals surface area contributed by atoms with Gasteiger partial charge in [-0.1, -0.05) is 36.2 Å². The molecule has 0 saturated carbocycles. The molecule has 1 fully saturated rings. The molecule has 2 N–H and O–H groups in total. The standard InChI is InChI=1S/C20H32N4O/c1-5-19(25)24-10-8-18(14-24)23-20(21-6-2)22-9-7-17-12-15(3)11-16(4)13-17/h11-13,18H,5-10,14H2,1-4H3,(H2,21,22,23). The molecule has 1 unspecified atom stereocenters. The Balaban J connectivity index is 1.89. The summed E-state index contributed by atoms with van der Waals surface area (Å²) in [6.45, 7) is 11.5. The van der Waals surface area contributed by atoms with Crippen LogP contribution in [0.15, 0.2) is 23.2 Å². The van der Waals surface area contributed by atoms with E-state index in [9.17, 15) is 4.79 Å². The quantitative estimate of drug-likeness (QED) is 0.615. The highest BCUT2D eigenvalue weighted by atomic mass is 16.2. The summed E-state index contributed by atoms with van der Waals surface area (Å²) in [7, 11) is 0. The Morgan fingerprint density at radius 3 is 2.60 bits per heavy atom. The summed E-state index contributed by atoms with van der Waals surface area (Å²) < 4.78 is 0. The Hall–Kier alpha value is -2.04. The number of benzene rings is 1. The summed E-state index contributed by atoms with van der Waals surface area (Å²) in [4.78, 5) is 18.5. The van der Waals surface area contributed by atoms with E-state index in [-0.39, 0.29) is 11.9 Å². The zero-order valence-electron chi connectivity index (χ0n) is 16.1. The molecule has 1 saturated heterocycles. The highest BCUT2D eigenvalue weighted by molar-refractivity contribution is 5.80. The summed E-state index contributed by atoms with van der Waals surface area (Å²) >= 11 is 0. The molecule has 0 spiro atoms. The smallest absolute Gasteiger partial charge is 0.222 e. The average Bonchev–Trinajstić information content (AvgIpc) is 3.02. The van der Waals surface area contributed by atoms with Crippen LogP contribution in [0.4, 0.5) is 0 Å². The largest absolute Gasteiger partial charge is 0.357 e. The summed E-state index contributed by atoms with van der Waals surface area (Å²) in [5.41, 5.74) is 3.93. The van der Waals surface area contributed by atoms with Crippen LogP contribution in [0.25, 0.3) is 0 Å². The summed E-state index contributed by atoms with van der Waals surface area (Å²) in [6.07, 6.45) is 2.49. The molecule has 0 bridgehead atoms. The molecule has 5 nitrogen and oxygen atoms in total. The van der Waals surface area contributed by atoms with Crippen molar-refractivity contribution in [3.8, 4) is 0 Å². The van der Waals surface area contributed by atoms with E-state index in [0.717, 1.165) is 45.0 Å². The highest BCUT2D eigenvalue weighted by Gasteiger charge is 2.25. The number of carbonyl (C=O) groups excluding carboxylic acids is 1. The van der Waals surface area contributed by atoms with Crippen molar-refractivity contribution in [3.63, 3.8) is 0 Å². The molecular weight excluding hydrogens is 312 g/mol. The van der Waals surface area contributed by atoms with E-state index in [1.807, 2.05) is 11.8 Å². The summed E-state index contributed by atoms with van der Waals surface area (Å²) in [6, 6.07) is 6.94. The second-order valence-corrected chi connectivity index (χ2v) is 6.83. The second-order valence-electron chi connectivity index (χ2n) is 6.83. The minimum atomic E-state index is 0.237. The van der Waals surface area contributed by atoms with Crippen LogP contribution in [0.1, 0.15) is 43.4 Å². The fourth-order valence-corrected chi connectivity index (χ4v) is 3.35. The molecule has 138 valence electrons. The predicted molar refractivity (Wildman–Crippen MR) is 104 cm³/mol. The summed E-state index contributed by atoms with van der Waals surface area (Å²) in [5, 5.41) is 6.79. The van der Waals surface area contributed by atoms with Crippen LogP contribution >= 0.6 is 0 Å². The van der Waals surface area contributed by atoms with Gasteiger partial charge in [-0.3, -0.25) is 9.79 Å². The maximum absolute atomic E-state index is 11.8. The van der Waals surface area contributed by atoms with Gasteiger partial charge in [0.2, 0.25) is 5.91 Å². The van der Waals surface area contributed by atoms with E-state index >= 15 is 0 Å². The number of guanidine groups is 1. The lowest BCUT2D eigenvalue weighted by atomic mass is 10.1. The molecule has 1 atom stereocenters. The van der Waals surface area contributed by atoms with Crippen molar-refractivity contribution >= 4 is 11.9 Å². The van der Waals surface area contributed by atoms with Crippen LogP contribution in [0.5, 0.6) is 0 Å². The molecule has 0 aliphatic carbocycles. The molecule has 0 aromatic heterocycles. The third-order valence-electron chi connectivity index (χ3n) is 4.48. The van der Waals surface area contributed by atoms with Crippen molar-refractivity contribution in [2.45, 2.75) is 53.0 Å².